The molecule has 2 saturated carbocycles. The summed E-state index contributed by atoms with van der Waals surface area (Å²) in [7, 11) is 0. The van der Waals surface area contributed by atoms with Crippen molar-refractivity contribution in [2.45, 2.75) is 76.7 Å². The van der Waals surface area contributed by atoms with Gasteiger partial charge in [0.15, 0.2) is 10.8 Å². The maximum atomic E-state index is 13.6. The second kappa shape index (κ2) is 11.8. The number of nitriles is 1. The predicted molar refractivity (Wildman–Crippen MR) is 195 cm³/mol. The van der Waals surface area contributed by atoms with Gasteiger partial charge < -0.3 is 19.3 Å². The average Bonchev–Trinajstić information content (AvgIpc) is 3.65. The fourth-order valence-corrected chi connectivity index (χ4v) is 10.7. The molecule has 3 aliphatic heterocycles. The van der Waals surface area contributed by atoms with Gasteiger partial charge in [-0.05, 0) is 112 Å². The van der Waals surface area contributed by atoms with Crippen LogP contribution in [0.5, 0.6) is 0 Å². The van der Waals surface area contributed by atoms with Crippen molar-refractivity contribution in [2.75, 3.05) is 16.8 Å². The number of benzene rings is 2. The van der Waals surface area contributed by atoms with Gasteiger partial charge in [0.1, 0.15) is 17.6 Å². The van der Waals surface area contributed by atoms with Gasteiger partial charge in [0.25, 0.3) is 5.91 Å². The van der Waals surface area contributed by atoms with Crippen molar-refractivity contribution in [2.24, 2.45) is 11.8 Å². The molecule has 2 saturated heterocycles. The Morgan fingerprint density at radius 2 is 1.86 bits per heavy atom. The molecule has 2 aromatic carbocycles. The first kappa shape index (κ1) is 31.9. The number of nitrogens with one attached hydrogen (secondary N) is 1. The van der Waals surface area contributed by atoms with E-state index in [1.807, 2.05) is 71.0 Å². The molecule has 11 heteroatoms. The summed E-state index contributed by atoms with van der Waals surface area (Å²) in [6.07, 6.45) is 6.15. The number of carboxylic acid groups (broad SMARTS) is 1. The Kier molecular flexibility index (Phi) is 7.35. The highest BCUT2D eigenvalue weighted by Crippen LogP contribution is 2.58. The zero-order chi connectivity index (χ0) is 35.1. The van der Waals surface area contributed by atoms with E-state index in [2.05, 4.69) is 23.3 Å². The molecule has 2 atom stereocenters. The first-order chi connectivity index (χ1) is 24.6. The molecule has 10 rings (SSSR count). The van der Waals surface area contributed by atoms with Crippen molar-refractivity contribution < 1.29 is 19.4 Å². The second-order valence-electron chi connectivity index (χ2n) is 15.2. The number of aromatic nitrogens is 3. The number of hydrogen-bond acceptors (Lipinski definition) is 8. The lowest BCUT2D eigenvalue weighted by molar-refractivity contribution is -0.271. The Labute approximate surface area is 299 Å². The maximum Gasteiger partial charge on any atom is 0.355 e. The topological polar surface area (TPSA) is 133 Å². The van der Waals surface area contributed by atoms with Crippen LogP contribution in [0.4, 0.5) is 10.9 Å². The Morgan fingerprint density at radius 3 is 2.61 bits per heavy atom. The zero-order valence-electron chi connectivity index (χ0n) is 28.6. The molecule has 10 nitrogen and oxygen atoms in total. The van der Waals surface area contributed by atoms with E-state index in [1.54, 1.807) is 6.07 Å². The highest BCUT2D eigenvalue weighted by atomic mass is 32.1. The number of carbonyl (C=O) groups is 2. The van der Waals surface area contributed by atoms with Crippen molar-refractivity contribution >= 4 is 44.4 Å². The number of hydrogen-bond donors (Lipinski definition) is 2. The van der Waals surface area contributed by atoms with Crippen molar-refractivity contribution in [3.8, 4) is 17.2 Å². The van der Waals surface area contributed by atoms with E-state index in [1.165, 1.54) is 17.8 Å². The summed E-state index contributed by atoms with van der Waals surface area (Å²) in [4.78, 5) is 37.7. The quantitative estimate of drug-likeness (QED) is 0.178. The van der Waals surface area contributed by atoms with Crippen molar-refractivity contribution in [1.82, 2.24) is 14.5 Å². The van der Waals surface area contributed by atoms with Crippen LogP contribution in [-0.4, -0.2) is 49.3 Å². The number of aromatic carboxylic acids is 1. The number of amides is 1. The molecule has 2 N–H and O–H groups in total. The largest absolute Gasteiger partial charge is 0.476 e. The standard InChI is InChI=1S/C40H38N6O4S/c1-23-30(15-27(20-41)46(23)22-40-18-24-14-25(19-40)17-39(2,16-24)50-40)28-10-11-34(43-35(28)37(48)49)45-13-12-26-6-5-7-29(31(26)21-45)36(47)44-38-42-32-8-3-4-9-33(32)51-38/h3-11,15,24-25H,12-14,16-19,21-22H2,1-2H3,(H,48,49)(H,42,44,47). The van der Waals surface area contributed by atoms with E-state index < -0.39 is 5.97 Å². The van der Waals surface area contributed by atoms with Crippen molar-refractivity contribution in [1.29, 1.82) is 5.26 Å². The molecule has 6 heterocycles. The molecule has 1 amide bonds. The molecule has 4 fully saturated rings. The van der Waals surface area contributed by atoms with Gasteiger partial charge in [0.05, 0.1) is 28.0 Å². The van der Waals surface area contributed by atoms with Crippen LogP contribution < -0.4 is 10.2 Å². The number of fused-ring (bicyclic) bond motifs is 2. The number of rotatable bonds is 7. The Bertz CT molecular complexity index is 2250. The van der Waals surface area contributed by atoms with E-state index in [9.17, 15) is 20.0 Å². The molecular weight excluding hydrogens is 661 g/mol. The van der Waals surface area contributed by atoms with Gasteiger partial charge >= 0.3 is 5.97 Å². The normalized spacial score (nSPS) is 24.8. The zero-order valence-corrected chi connectivity index (χ0v) is 29.4. The van der Waals surface area contributed by atoms with E-state index in [-0.39, 0.29) is 22.8 Å². The third-order valence-electron chi connectivity index (χ3n) is 11.5. The second-order valence-corrected chi connectivity index (χ2v) is 16.2. The summed E-state index contributed by atoms with van der Waals surface area (Å²) in [5.74, 6) is 0.458. The minimum absolute atomic E-state index is 0.0662. The Balaban J connectivity index is 0.999. The number of nitrogens with zero attached hydrogens (tertiary/aromatic N) is 5. The van der Waals surface area contributed by atoms with Crippen LogP contribution in [0.1, 0.15) is 82.4 Å². The van der Waals surface area contributed by atoms with E-state index in [0.717, 1.165) is 52.7 Å². The molecule has 4 bridgehead atoms. The number of para-hydroxylation sites is 1. The Hall–Kier alpha value is -5.05. The number of pyridine rings is 1. The minimum atomic E-state index is -1.14. The number of carboxylic acids is 1. The third-order valence-corrected chi connectivity index (χ3v) is 12.5. The molecule has 0 spiro atoms. The molecular formula is C40H38N6O4S. The van der Waals surface area contributed by atoms with Crippen LogP contribution in [0.15, 0.2) is 60.7 Å². The van der Waals surface area contributed by atoms with Crippen LogP contribution in [0.2, 0.25) is 0 Å². The number of anilines is 2. The monoisotopic (exact) mass is 698 g/mol. The molecule has 51 heavy (non-hydrogen) atoms. The fraction of sp³-hybridized carbons (Fsp3) is 0.375. The van der Waals surface area contributed by atoms with E-state index in [4.69, 9.17) is 9.72 Å². The average molecular weight is 699 g/mol. The molecule has 2 unspecified atom stereocenters. The summed E-state index contributed by atoms with van der Waals surface area (Å²) in [5.41, 5.74) is 5.39. The summed E-state index contributed by atoms with van der Waals surface area (Å²) in [6, 6.07) is 21.4. The predicted octanol–water partition coefficient (Wildman–Crippen LogP) is 7.59. The highest BCUT2D eigenvalue weighted by molar-refractivity contribution is 7.22. The van der Waals surface area contributed by atoms with E-state index in [0.29, 0.717) is 71.2 Å². The number of thiazole rings is 1. The highest BCUT2D eigenvalue weighted by Gasteiger charge is 2.57. The summed E-state index contributed by atoms with van der Waals surface area (Å²) >= 11 is 1.43. The summed E-state index contributed by atoms with van der Waals surface area (Å²) in [5, 5.41) is 24.2. The van der Waals surface area contributed by atoms with Gasteiger partial charge in [0.2, 0.25) is 0 Å². The molecule has 3 aromatic heterocycles. The maximum absolute atomic E-state index is 13.6. The fourth-order valence-electron chi connectivity index (χ4n) is 9.83. The van der Waals surface area contributed by atoms with Gasteiger partial charge in [-0.15, -0.1) is 0 Å². The van der Waals surface area contributed by atoms with Crippen molar-refractivity contribution in [3.05, 3.63) is 94.4 Å². The molecule has 258 valence electrons. The van der Waals surface area contributed by atoms with E-state index >= 15 is 0 Å². The van der Waals surface area contributed by atoms with Gasteiger partial charge in [-0.1, -0.05) is 35.6 Å². The van der Waals surface area contributed by atoms with Gasteiger partial charge in [-0.2, -0.15) is 5.26 Å². The smallest absolute Gasteiger partial charge is 0.355 e. The number of ether oxygens (including phenoxy) is 1. The molecule has 5 aliphatic rings. The lowest BCUT2D eigenvalue weighted by Crippen LogP contribution is -2.61. The minimum Gasteiger partial charge on any atom is -0.476 e. The molecule has 0 radical (unpaired) electrons. The third kappa shape index (κ3) is 5.49. The first-order valence-electron chi connectivity index (χ1n) is 17.7. The van der Waals surface area contributed by atoms with Crippen LogP contribution in [-0.2, 0) is 24.2 Å². The van der Waals surface area contributed by atoms with Crippen molar-refractivity contribution in [3.63, 3.8) is 0 Å². The summed E-state index contributed by atoms with van der Waals surface area (Å²) in [6.45, 7) is 5.81. The first-order valence-corrected chi connectivity index (χ1v) is 18.5. The van der Waals surface area contributed by atoms with Crippen LogP contribution >= 0.6 is 11.3 Å². The molecule has 5 aromatic rings. The number of carbonyl (C=O) groups excluding carboxylic acids is 1. The van der Waals surface area contributed by atoms with Gasteiger partial charge in [-0.25, -0.2) is 14.8 Å². The lowest BCUT2D eigenvalue weighted by atomic mass is 9.58. The Morgan fingerprint density at radius 1 is 1.06 bits per heavy atom. The van der Waals surface area contributed by atoms with Crippen LogP contribution in [0.3, 0.4) is 0 Å². The van der Waals surface area contributed by atoms with Gasteiger partial charge in [-0.3, -0.25) is 10.1 Å². The summed E-state index contributed by atoms with van der Waals surface area (Å²) < 4.78 is 9.87. The van der Waals surface area contributed by atoms with Gasteiger partial charge in [0, 0.05) is 35.5 Å². The SMILES string of the molecule is Cc1c(-c2ccc(N3CCc4cccc(C(=O)Nc5nc6ccccc6s5)c4C3)nc2C(=O)O)cc(C#N)n1CC12CC3CC(CC(C)(C3)O1)C2. The molecule has 2 aliphatic carbocycles. The van der Waals surface area contributed by atoms with Crippen LogP contribution in [0, 0.1) is 30.1 Å². The van der Waals surface area contributed by atoms with Crippen LogP contribution in [0.25, 0.3) is 21.3 Å². The lowest BCUT2D eigenvalue weighted by Gasteiger charge is -2.61.